The van der Waals surface area contributed by atoms with E-state index in [4.69, 9.17) is 4.74 Å². The highest BCUT2D eigenvalue weighted by Gasteiger charge is 2.67. The number of aromatic amines is 1. The van der Waals surface area contributed by atoms with Crippen LogP contribution in [0, 0.1) is 25.7 Å². The molecular weight excluding hydrogens is 368 g/mol. The van der Waals surface area contributed by atoms with Gasteiger partial charge in [-0.3, -0.25) is 14.7 Å². The Morgan fingerprint density at radius 2 is 2.17 bits per heavy atom. The Labute approximate surface area is 169 Å². The molecule has 0 saturated carbocycles. The SMILES string of the molecule is Cc1ccc(N2C[C@]34C=C[C@H](O3)[C@@H](C(=O)N(C)Cc3ccn[nH]3)[C@@H]4C2=O)cc1C. The summed E-state index contributed by atoms with van der Waals surface area (Å²) < 4.78 is 6.24. The van der Waals surface area contributed by atoms with Gasteiger partial charge in [0.25, 0.3) is 0 Å². The topological polar surface area (TPSA) is 78.5 Å². The molecule has 2 fully saturated rings. The average Bonchev–Trinajstić information content (AvgIpc) is 3.46. The summed E-state index contributed by atoms with van der Waals surface area (Å²) >= 11 is 0. The largest absolute Gasteiger partial charge is 0.360 e. The minimum Gasteiger partial charge on any atom is -0.360 e. The number of ether oxygens (including phenoxy) is 1. The van der Waals surface area contributed by atoms with Crippen LogP contribution in [0.15, 0.2) is 42.6 Å². The van der Waals surface area contributed by atoms with E-state index in [2.05, 4.69) is 17.1 Å². The predicted molar refractivity (Wildman–Crippen MR) is 107 cm³/mol. The van der Waals surface area contributed by atoms with Crippen LogP contribution >= 0.6 is 0 Å². The molecule has 5 rings (SSSR count). The van der Waals surface area contributed by atoms with Crippen LogP contribution in [0.1, 0.15) is 16.8 Å². The van der Waals surface area contributed by atoms with Gasteiger partial charge in [0.2, 0.25) is 11.8 Å². The summed E-state index contributed by atoms with van der Waals surface area (Å²) in [6.45, 7) is 4.95. The number of anilines is 1. The number of nitrogens with zero attached hydrogens (tertiary/aromatic N) is 3. The first-order valence-corrected chi connectivity index (χ1v) is 9.89. The molecule has 2 aromatic rings. The molecule has 1 aromatic heterocycles. The lowest BCUT2D eigenvalue weighted by atomic mass is 9.76. The molecule has 4 atom stereocenters. The van der Waals surface area contributed by atoms with E-state index in [0.717, 1.165) is 16.9 Å². The van der Waals surface area contributed by atoms with Gasteiger partial charge in [-0.1, -0.05) is 18.2 Å². The van der Waals surface area contributed by atoms with Gasteiger partial charge in [0, 0.05) is 18.9 Å². The predicted octanol–water partition coefficient (Wildman–Crippen LogP) is 1.97. The Morgan fingerprint density at radius 1 is 1.34 bits per heavy atom. The monoisotopic (exact) mass is 392 g/mol. The van der Waals surface area contributed by atoms with Crippen molar-refractivity contribution in [2.75, 3.05) is 18.5 Å². The number of carbonyl (C=O) groups is 2. The smallest absolute Gasteiger partial charge is 0.234 e. The first-order chi connectivity index (χ1) is 13.9. The Hall–Kier alpha value is -2.93. The van der Waals surface area contributed by atoms with Gasteiger partial charge < -0.3 is 14.5 Å². The maximum atomic E-state index is 13.4. The number of benzene rings is 1. The van der Waals surface area contributed by atoms with E-state index in [1.54, 1.807) is 23.0 Å². The molecule has 150 valence electrons. The molecule has 2 bridgehead atoms. The lowest BCUT2D eigenvalue weighted by molar-refractivity contribution is -0.139. The van der Waals surface area contributed by atoms with Crippen LogP contribution < -0.4 is 4.90 Å². The Balaban J connectivity index is 1.43. The number of rotatable bonds is 4. The first-order valence-electron chi connectivity index (χ1n) is 9.89. The fourth-order valence-corrected chi connectivity index (χ4v) is 4.85. The summed E-state index contributed by atoms with van der Waals surface area (Å²) in [4.78, 5) is 30.2. The number of aryl methyl sites for hydroxylation is 2. The van der Waals surface area contributed by atoms with E-state index >= 15 is 0 Å². The van der Waals surface area contributed by atoms with Crippen molar-refractivity contribution in [2.24, 2.45) is 11.8 Å². The number of hydrogen-bond acceptors (Lipinski definition) is 4. The van der Waals surface area contributed by atoms with Crippen molar-refractivity contribution in [3.8, 4) is 0 Å². The van der Waals surface area contributed by atoms with E-state index in [-0.39, 0.29) is 17.9 Å². The molecule has 7 nitrogen and oxygen atoms in total. The average molecular weight is 392 g/mol. The van der Waals surface area contributed by atoms with Crippen LogP contribution in [0.3, 0.4) is 0 Å². The minimum absolute atomic E-state index is 0.0339. The summed E-state index contributed by atoms with van der Waals surface area (Å²) in [5, 5.41) is 6.81. The third-order valence-electron chi connectivity index (χ3n) is 6.53. The summed E-state index contributed by atoms with van der Waals surface area (Å²) in [7, 11) is 1.76. The molecule has 1 aromatic carbocycles. The van der Waals surface area contributed by atoms with Crippen molar-refractivity contribution in [1.29, 1.82) is 0 Å². The van der Waals surface area contributed by atoms with Crippen molar-refractivity contribution in [3.63, 3.8) is 0 Å². The molecular formula is C22H24N4O3. The Bertz CT molecular complexity index is 1020. The number of amides is 2. The van der Waals surface area contributed by atoms with Gasteiger partial charge in [0.15, 0.2) is 0 Å². The quantitative estimate of drug-likeness (QED) is 0.807. The normalized spacial score (nSPS) is 29.6. The van der Waals surface area contributed by atoms with Crippen molar-refractivity contribution in [1.82, 2.24) is 15.1 Å². The van der Waals surface area contributed by atoms with Gasteiger partial charge in [-0.25, -0.2) is 0 Å². The molecule has 0 radical (unpaired) electrons. The van der Waals surface area contributed by atoms with Crippen LogP contribution in [0.25, 0.3) is 0 Å². The maximum Gasteiger partial charge on any atom is 0.234 e. The van der Waals surface area contributed by atoms with Crippen LogP contribution in [0.2, 0.25) is 0 Å². The van der Waals surface area contributed by atoms with Crippen molar-refractivity contribution in [3.05, 3.63) is 59.4 Å². The lowest BCUT2D eigenvalue weighted by Gasteiger charge is -2.27. The molecule has 0 unspecified atom stereocenters. The van der Waals surface area contributed by atoms with E-state index < -0.39 is 17.4 Å². The maximum absolute atomic E-state index is 13.4. The number of H-pyrrole nitrogens is 1. The Kier molecular flexibility index (Phi) is 3.93. The molecule has 0 aliphatic carbocycles. The molecule has 29 heavy (non-hydrogen) atoms. The highest BCUT2D eigenvalue weighted by molar-refractivity contribution is 6.03. The highest BCUT2D eigenvalue weighted by Crippen LogP contribution is 2.53. The number of nitrogens with one attached hydrogen (secondary N) is 1. The third-order valence-corrected chi connectivity index (χ3v) is 6.53. The molecule has 7 heteroatoms. The third kappa shape index (κ3) is 2.64. The molecule has 3 aliphatic rings. The van der Waals surface area contributed by atoms with Crippen LogP contribution in [0.4, 0.5) is 5.69 Å². The van der Waals surface area contributed by atoms with E-state index in [0.29, 0.717) is 13.1 Å². The minimum atomic E-state index is -0.713. The number of hydrogen-bond donors (Lipinski definition) is 1. The second-order valence-electron chi connectivity index (χ2n) is 8.37. The van der Waals surface area contributed by atoms with Gasteiger partial charge in [0.1, 0.15) is 5.60 Å². The van der Waals surface area contributed by atoms with Gasteiger partial charge >= 0.3 is 0 Å². The number of aromatic nitrogens is 2. The fraction of sp³-hybridized carbons (Fsp3) is 0.409. The molecule has 2 saturated heterocycles. The Morgan fingerprint density at radius 3 is 2.90 bits per heavy atom. The van der Waals surface area contributed by atoms with Crippen LogP contribution in [0.5, 0.6) is 0 Å². The standard InChI is InChI=1S/C22H24N4O3/c1-13-4-5-16(10-14(13)2)26-12-22-8-6-17(29-22)18(19(22)21(26)28)20(27)25(3)11-15-7-9-23-24-15/h4-10,17-19H,11-12H2,1-3H3,(H,23,24)/t17-,18+,19+,22-/m0/s1. The zero-order valence-corrected chi connectivity index (χ0v) is 16.8. The molecule has 2 amide bonds. The summed E-state index contributed by atoms with van der Waals surface area (Å²) in [6.07, 6.45) is 5.25. The zero-order valence-electron chi connectivity index (χ0n) is 16.8. The summed E-state index contributed by atoms with van der Waals surface area (Å²) in [5.41, 5.74) is 3.32. The zero-order chi connectivity index (χ0) is 20.3. The highest BCUT2D eigenvalue weighted by atomic mass is 16.5. The molecule has 4 heterocycles. The number of fused-ring (bicyclic) bond motifs is 1. The van der Waals surface area contributed by atoms with Gasteiger partial charge in [-0.15, -0.1) is 0 Å². The summed E-state index contributed by atoms with van der Waals surface area (Å²) in [5.74, 6) is -1.10. The lowest BCUT2D eigenvalue weighted by Crippen LogP contribution is -2.44. The molecule has 1 spiro atoms. The van der Waals surface area contributed by atoms with Crippen LogP contribution in [-0.2, 0) is 20.9 Å². The van der Waals surface area contributed by atoms with Gasteiger partial charge in [-0.2, -0.15) is 5.10 Å². The summed E-state index contributed by atoms with van der Waals surface area (Å²) in [6, 6.07) is 7.86. The van der Waals surface area contributed by atoms with Crippen molar-refractivity contribution in [2.45, 2.75) is 32.1 Å². The molecule has 1 N–H and O–H groups in total. The van der Waals surface area contributed by atoms with Gasteiger partial charge in [0.05, 0.1) is 36.7 Å². The van der Waals surface area contributed by atoms with E-state index in [1.807, 2.05) is 43.3 Å². The fourth-order valence-electron chi connectivity index (χ4n) is 4.85. The first kappa shape index (κ1) is 18.1. The second kappa shape index (κ2) is 6.29. The molecule has 3 aliphatic heterocycles. The van der Waals surface area contributed by atoms with E-state index in [9.17, 15) is 9.59 Å². The van der Waals surface area contributed by atoms with Crippen LogP contribution in [-0.4, -0.2) is 52.2 Å². The van der Waals surface area contributed by atoms with Gasteiger partial charge in [-0.05, 0) is 43.2 Å². The van der Waals surface area contributed by atoms with E-state index in [1.165, 1.54) is 5.56 Å². The second-order valence-corrected chi connectivity index (χ2v) is 8.37. The van der Waals surface area contributed by atoms with Crippen molar-refractivity contribution < 1.29 is 14.3 Å². The van der Waals surface area contributed by atoms with Crippen molar-refractivity contribution >= 4 is 17.5 Å². The number of carbonyl (C=O) groups excluding carboxylic acids is 2.